The van der Waals surface area contributed by atoms with E-state index in [0.29, 0.717) is 11.6 Å². The van der Waals surface area contributed by atoms with Gasteiger partial charge in [-0.25, -0.2) is 18.4 Å². The van der Waals surface area contributed by atoms with Crippen molar-refractivity contribution in [2.75, 3.05) is 12.8 Å². The van der Waals surface area contributed by atoms with Gasteiger partial charge in [0.05, 0.1) is 12.2 Å². The third-order valence-corrected chi connectivity index (χ3v) is 4.24. The maximum atomic E-state index is 12.3. The molecule has 19 heavy (non-hydrogen) atoms. The minimum Gasteiger partial charge on any atom is -0.396 e. The van der Waals surface area contributed by atoms with Crippen LogP contribution in [0.4, 0.5) is 5.69 Å². The number of H-pyrrole nitrogens is 1. The zero-order valence-electron chi connectivity index (χ0n) is 10.5. The second-order valence-corrected chi connectivity index (χ2v) is 5.96. The van der Waals surface area contributed by atoms with E-state index >= 15 is 0 Å². The van der Waals surface area contributed by atoms with E-state index < -0.39 is 10.0 Å². The van der Waals surface area contributed by atoms with Crippen LogP contribution < -0.4 is 5.73 Å². The topological polar surface area (TPSA) is 118 Å². The third kappa shape index (κ3) is 2.71. The second-order valence-electron chi connectivity index (χ2n) is 4.00. The molecule has 2 rings (SSSR count). The lowest BCUT2D eigenvalue weighted by Crippen LogP contribution is -2.28. The van der Waals surface area contributed by atoms with Crippen molar-refractivity contribution >= 4 is 15.7 Å². The molecular formula is C10H14N6O2S. The molecule has 0 atom stereocenters. The Labute approximate surface area is 110 Å². The summed E-state index contributed by atoms with van der Waals surface area (Å²) < 4.78 is 25.7. The summed E-state index contributed by atoms with van der Waals surface area (Å²) in [5.74, 6) is 1.01. The third-order valence-electron chi connectivity index (χ3n) is 2.46. The molecule has 0 spiro atoms. The van der Waals surface area contributed by atoms with Gasteiger partial charge < -0.3 is 5.73 Å². The number of aromatic amines is 1. The Morgan fingerprint density at radius 3 is 2.79 bits per heavy atom. The van der Waals surface area contributed by atoms with Gasteiger partial charge in [-0.15, -0.1) is 0 Å². The fraction of sp³-hybridized carbons (Fsp3) is 0.300. The minimum absolute atomic E-state index is 0.0443. The van der Waals surface area contributed by atoms with Crippen molar-refractivity contribution in [3.8, 4) is 0 Å². The fourth-order valence-corrected chi connectivity index (χ4v) is 2.65. The maximum absolute atomic E-state index is 12.3. The molecule has 102 valence electrons. The molecule has 0 bridgehead atoms. The Kier molecular flexibility index (Phi) is 3.49. The van der Waals surface area contributed by atoms with Crippen LogP contribution in [0.5, 0.6) is 0 Å². The average Bonchev–Trinajstić information content (AvgIpc) is 2.75. The average molecular weight is 282 g/mol. The summed E-state index contributed by atoms with van der Waals surface area (Å²) in [5.41, 5.74) is 5.75. The molecule has 9 heteroatoms. The first-order valence-electron chi connectivity index (χ1n) is 5.46. The van der Waals surface area contributed by atoms with E-state index in [4.69, 9.17) is 5.73 Å². The Morgan fingerprint density at radius 1 is 1.47 bits per heavy atom. The summed E-state index contributed by atoms with van der Waals surface area (Å²) in [6, 6.07) is 3.07. The predicted octanol–water partition coefficient (Wildman–Crippen LogP) is -0.0890. The molecule has 0 unspecified atom stereocenters. The lowest BCUT2D eigenvalue weighted by atomic mass is 10.4. The number of hydrogen-bond acceptors (Lipinski definition) is 6. The van der Waals surface area contributed by atoms with Crippen LogP contribution in [-0.2, 0) is 16.6 Å². The molecule has 2 heterocycles. The lowest BCUT2D eigenvalue weighted by Gasteiger charge is -2.15. The Bertz CT molecular complexity index is 681. The largest absolute Gasteiger partial charge is 0.396 e. The number of aromatic nitrogens is 4. The highest BCUT2D eigenvalue weighted by Gasteiger charge is 2.25. The van der Waals surface area contributed by atoms with Gasteiger partial charge in [0, 0.05) is 13.2 Å². The molecular weight excluding hydrogens is 268 g/mol. The number of nitrogens with two attached hydrogens (primary N) is 1. The fourth-order valence-electron chi connectivity index (χ4n) is 1.51. The maximum Gasteiger partial charge on any atom is 0.262 e. The Morgan fingerprint density at radius 2 is 2.21 bits per heavy atom. The Balaban J connectivity index is 2.27. The summed E-state index contributed by atoms with van der Waals surface area (Å²) in [5, 5.41) is 6.38. The summed E-state index contributed by atoms with van der Waals surface area (Å²) in [6.45, 7) is 1.78. The summed E-state index contributed by atoms with van der Waals surface area (Å²) >= 11 is 0. The first kappa shape index (κ1) is 13.4. The van der Waals surface area contributed by atoms with Crippen LogP contribution in [-0.4, -0.2) is 39.9 Å². The molecule has 0 aliphatic carbocycles. The highest BCUT2D eigenvalue weighted by molar-refractivity contribution is 7.89. The highest BCUT2D eigenvalue weighted by Crippen LogP contribution is 2.19. The zero-order chi connectivity index (χ0) is 14.0. The molecule has 2 aromatic rings. The molecule has 0 aliphatic heterocycles. The number of hydrogen-bond donors (Lipinski definition) is 2. The van der Waals surface area contributed by atoms with Gasteiger partial charge in [0.2, 0.25) is 0 Å². The van der Waals surface area contributed by atoms with Crippen molar-refractivity contribution in [1.82, 2.24) is 24.5 Å². The summed E-state index contributed by atoms with van der Waals surface area (Å²) in [6.07, 6.45) is 1.38. The molecule has 0 fully saturated rings. The van der Waals surface area contributed by atoms with Crippen molar-refractivity contribution in [3.63, 3.8) is 0 Å². The van der Waals surface area contributed by atoms with Gasteiger partial charge in [0.25, 0.3) is 10.0 Å². The van der Waals surface area contributed by atoms with Crippen LogP contribution in [0.2, 0.25) is 0 Å². The zero-order valence-corrected chi connectivity index (χ0v) is 11.3. The predicted molar refractivity (Wildman–Crippen MR) is 68.4 cm³/mol. The highest BCUT2D eigenvalue weighted by atomic mass is 32.2. The quantitative estimate of drug-likeness (QED) is 0.809. The molecule has 3 N–H and O–H groups in total. The van der Waals surface area contributed by atoms with E-state index in [9.17, 15) is 8.42 Å². The van der Waals surface area contributed by atoms with Crippen molar-refractivity contribution in [2.45, 2.75) is 18.5 Å². The molecule has 0 aromatic carbocycles. The van der Waals surface area contributed by atoms with Crippen LogP contribution in [0, 0.1) is 6.92 Å². The Hall–Kier alpha value is -2.00. The molecule has 0 saturated heterocycles. The monoisotopic (exact) mass is 282 g/mol. The van der Waals surface area contributed by atoms with Crippen molar-refractivity contribution in [3.05, 3.63) is 30.0 Å². The molecule has 0 saturated carbocycles. The molecule has 0 radical (unpaired) electrons. The second kappa shape index (κ2) is 4.94. The van der Waals surface area contributed by atoms with Crippen LogP contribution in [0.1, 0.15) is 11.6 Å². The van der Waals surface area contributed by atoms with Gasteiger partial charge in [-0.2, -0.15) is 9.40 Å². The first-order valence-corrected chi connectivity index (χ1v) is 6.90. The van der Waals surface area contributed by atoms with E-state index in [1.165, 1.54) is 19.3 Å². The number of nitrogens with one attached hydrogen (secondary N) is 1. The van der Waals surface area contributed by atoms with Crippen LogP contribution >= 0.6 is 0 Å². The van der Waals surface area contributed by atoms with E-state index in [2.05, 4.69) is 20.2 Å². The lowest BCUT2D eigenvalue weighted by molar-refractivity contribution is 0.455. The number of aryl methyl sites for hydroxylation is 1. The normalized spacial score (nSPS) is 11.9. The van der Waals surface area contributed by atoms with Crippen LogP contribution in [0.15, 0.2) is 23.4 Å². The van der Waals surface area contributed by atoms with E-state index in [0.717, 1.165) is 4.31 Å². The SMILES string of the molecule is Cc1nc(CN(C)S(=O)(=O)c2ncccc2N)n[nH]1. The van der Waals surface area contributed by atoms with E-state index in [1.54, 1.807) is 13.0 Å². The van der Waals surface area contributed by atoms with Crippen LogP contribution in [0.25, 0.3) is 0 Å². The van der Waals surface area contributed by atoms with E-state index in [-0.39, 0.29) is 17.3 Å². The van der Waals surface area contributed by atoms with Gasteiger partial charge >= 0.3 is 0 Å². The first-order chi connectivity index (χ1) is 8.91. The van der Waals surface area contributed by atoms with Gasteiger partial charge in [0.1, 0.15) is 5.82 Å². The molecule has 2 aromatic heterocycles. The number of sulfonamides is 1. The number of pyridine rings is 1. The van der Waals surface area contributed by atoms with Gasteiger partial charge in [0.15, 0.2) is 10.9 Å². The number of nitrogen functional groups attached to an aromatic ring is 1. The number of anilines is 1. The van der Waals surface area contributed by atoms with E-state index in [1.807, 2.05) is 0 Å². The van der Waals surface area contributed by atoms with Gasteiger partial charge in [-0.3, -0.25) is 5.10 Å². The summed E-state index contributed by atoms with van der Waals surface area (Å²) in [4.78, 5) is 7.87. The van der Waals surface area contributed by atoms with Crippen molar-refractivity contribution in [1.29, 1.82) is 0 Å². The smallest absolute Gasteiger partial charge is 0.262 e. The van der Waals surface area contributed by atoms with Gasteiger partial charge in [-0.1, -0.05) is 0 Å². The standard InChI is InChI=1S/C10H14N6O2S/c1-7-13-9(15-14-7)6-16(2)19(17,18)10-8(11)4-3-5-12-10/h3-5H,6,11H2,1-2H3,(H,13,14,15). The molecule has 0 aliphatic rings. The number of rotatable bonds is 4. The number of nitrogens with zero attached hydrogens (tertiary/aromatic N) is 4. The van der Waals surface area contributed by atoms with Crippen molar-refractivity contribution in [2.24, 2.45) is 0 Å². The van der Waals surface area contributed by atoms with Crippen molar-refractivity contribution < 1.29 is 8.42 Å². The molecule has 0 amide bonds. The minimum atomic E-state index is -3.76. The molecule has 8 nitrogen and oxygen atoms in total. The van der Waals surface area contributed by atoms with Gasteiger partial charge in [-0.05, 0) is 19.1 Å². The van der Waals surface area contributed by atoms with Crippen LogP contribution in [0.3, 0.4) is 0 Å². The summed E-state index contributed by atoms with van der Waals surface area (Å²) in [7, 11) is -2.33.